The fourth-order valence-electron chi connectivity index (χ4n) is 3.75. The highest BCUT2D eigenvalue weighted by atomic mass is 32.1. The summed E-state index contributed by atoms with van der Waals surface area (Å²) in [6, 6.07) is 14.3. The zero-order valence-corrected chi connectivity index (χ0v) is 17.6. The molecule has 1 aliphatic rings. The first-order valence-electron chi connectivity index (χ1n) is 10.2. The van der Waals surface area contributed by atoms with Crippen molar-refractivity contribution in [3.05, 3.63) is 58.3 Å². The predicted molar refractivity (Wildman–Crippen MR) is 114 cm³/mol. The zero-order chi connectivity index (χ0) is 19.9. The molecule has 1 aromatic heterocycles. The molecule has 2 amide bonds. The molecule has 0 radical (unpaired) electrons. The SMILES string of the molecule is CC(C)C(NC(=O)C1CCN(C(=O)CCc2ccccc2)CC1)c1cccs1. The quantitative estimate of drug-likeness (QED) is 0.750. The van der Waals surface area contributed by atoms with E-state index in [1.807, 2.05) is 29.2 Å². The lowest BCUT2D eigenvalue weighted by molar-refractivity contribution is -0.135. The Morgan fingerprint density at radius 1 is 1.11 bits per heavy atom. The number of piperidine rings is 1. The molecule has 1 saturated heterocycles. The molecule has 0 spiro atoms. The number of nitrogens with one attached hydrogen (secondary N) is 1. The second-order valence-electron chi connectivity index (χ2n) is 7.89. The number of rotatable bonds is 7. The minimum atomic E-state index is -0.000569. The smallest absolute Gasteiger partial charge is 0.223 e. The molecule has 1 aromatic carbocycles. The molecule has 150 valence electrons. The number of likely N-dealkylation sites (tertiary alicyclic amines) is 1. The molecule has 1 unspecified atom stereocenters. The third-order valence-corrected chi connectivity index (χ3v) is 6.46. The first kappa shape index (κ1) is 20.6. The van der Waals surface area contributed by atoms with Crippen molar-refractivity contribution in [2.75, 3.05) is 13.1 Å². The van der Waals surface area contributed by atoms with E-state index in [4.69, 9.17) is 0 Å². The molecular formula is C23H30N2O2S. The van der Waals surface area contributed by atoms with Gasteiger partial charge >= 0.3 is 0 Å². The minimum Gasteiger partial charge on any atom is -0.348 e. The number of hydrogen-bond donors (Lipinski definition) is 1. The normalized spacial score (nSPS) is 16.2. The van der Waals surface area contributed by atoms with E-state index < -0.39 is 0 Å². The van der Waals surface area contributed by atoms with Crippen LogP contribution in [0.5, 0.6) is 0 Å². The number of thiophene rings is 1. The number of benzene rings is 1. The molecule has 0 saturated carbocycles. The summed E-state index contributed by atoms with van der Waals surface area (Å²) in [6.45, 7) is 5.63. The van der Waals surface area contributed by atoms with Crippen molar-refractivity contribution in [2.45, 2.75) is 45.6 Å². The van der Waals surface area contributed by atoms with Gasteiger partial charge in [-0.15, -0.1) is 11.3 Å². The van der Waals surface area contributed by atoms with Crippen LogP contribution in [0, 0.1) is 11.8 Å². The van der Waals surface area contributed by atoms with Crippen LogP contribution in [-0.4, -0.2) is 29.8 Å². The van der Waals surface area contributed by atoms with Crippen LogP contribution in [-0.2, 0) is 16.0 Å². The summed E-state index contributed by atoms with van der Waals surface area (Å²) in [6.07, 6.45) is 2.81. The van der Waals surface area contributed by atoms with Crippen LogP contribution in [0.15, 0.2) is 47.8 Å². The van der Waals surface area contributed by atoms with Gasteiger partial charge in [0.1, 0.15) is 0 Å². The molecule has 3 rings (SSSR count). The highest BCUT2D eigenvalue weighted by Gasteiger charge is 2.29. The van der Waals surface area contributed by atoms with E-state index in [-0.39, 0.29) is 23.8 Å². The van der Waals surface area contributed by atoms with Gasteiger partial charge in [-0.1, -0.05) is 50.2 Å². The first-order chi connectivity index (χ1) is 13.5. The van der Waals surface area contributed by atoms with Crippen molar-refractivity contribution in [1.29, 1.82) is 0 Å². The lowest BCUT2D eigenvalue weighted by atomic mass is 9.94. The van der Waals surface area contributed by atoms with Crippen molar-refractivity contribution in [3.8, 4) is 0 Å². The third kappa shape index (κ3) is 5.44. The maximum atomic E-state index is 12.8. The van der Waals surface area contributed by atoms with Crippen molar-refractivity contribution in [3.63, 3.8) is 0 Å². The van der Waals surface area contributed by atoms with Crippen LogP contribution >= 0.6 is 11.3 Å². The van der Waals surface area contributed by atoms with Gasteiger partial charge in [0.2, 0.25) is 11.8 Å². The Balaban J connectivity index is 1.46. The van der Waals surface area contributed by atoms with Crippen LogP contribution in [0.25, 0.3) is 0 Å². The summed E-state index contributed by atoms with van der Waals surface area (Å²) in [7, 11) is 0. The van der Waals surface area contributed by atoms with Crippen molar-refractivity contribution in [2.24, 2.45) is 11.8 Å². The summed E-state index contributed by atoms with van der Waals surface area (Å²) in [5.41, 5.74) is 1.19. The molecule has 1 atom stereocenters. The van der Waals surface area contributed by atoms with E-state index >= 15 is 0 Å². The second kappa shape index (κ2) is 9.87. The summed E-state index contributed by atoms with van der Waals surface area (Å²) in [5, 5.41) is 5.30. The summed E-state index contributed by atoms with van der Waals surface area (Å²) >= 11 is 1.69. The highest BCUT2D eigenvalue weighted by Crippen LogP contribution is 2.27. The molecule has 1 fully saturated rings. The maximum absolute atomic E-state index is 12.8. The fraction of sp³-hybridized carbons (Fsp3) is 0.478. The Morgan fingerprint density at radius 2 is 1.82 bits per heavy atom. The molecule has 5 heteroatoms. The Kier molecular flexibility index (Phi) is 7.26. The van der Waals surface area contributed by atoms with Gasteiger partial charge in [0.15, 0.2) is 0 Å². The molecule has 2 aromatic rings. The van der Waals surface area contributed by atoms with Crippen molar-refractivity contribution >= 4 is 23.2 Å². The van der Waals surface area contributed by atoms with E-state index in [1.54, 1.807) is 11.3 Å². The number of carbonyl (C=O) groups is 2. The average Bonchev–Trinajstić information content (AvgIpc) is 3.25. The number of aryl methyl sites for hydroxylation is 1. The monoisotopic (exact) mass is 398 g/mol. The molecule has 1 N–H and O–H groups in total. The molecule has 1 aliphatic heterocycles. The molecular weight excluding hydrogens is 368 g/mol. The summed E-state index contributed by atoms with van der Waals surface area (Å²) < 4.78 is 0. The van der Waals surface area contributed by atoms with Gasteiger partial charge < -0.3 is 10.2 Å². The molecule has 4 nitrogen and oxygen atoms in total. The topological polar surface area (TPSA) is 49.4 Å². The van der Waals surface area contributed by atoms with Crippen LogP contribution in [0.2, 0.25) is 0 Å². The third-order valence-electron chi connectivity index (χ3n) is 5.50. The standard InChI is InChI=1S/C23H30N2O2S/c1-17(2)22(20-9-6-16-28-20)24-23(27)19-12-14-25(15-13-19)21(26)11-10-18-7-4-3-5-8-18/h3-9,16-17,19,22H,10-15H2,1-2H3,(H,24,27). The Labute approximate surface area is 172 Å². The van der Waals surface area contributed by atoms with E-state index in [0.29, 0.717) is 25.4 Å². The molecule has 0 aliphatic carbocycles. The highest BCUT2D eigenvalue weighted by molar-refractivity contribution is 7.10. The number of hydrogen-bond acceptors (Lipinski definition) is 3. The number of amides is 2. The Hall–Kier alpha value is -2.14. The largest absolute Gasteiger partial charge is 0.348 e. The number of nitrogens with zero attached hydrogens (tertiary/aromatic N) is 1. The van der Waals surface area contributed by atoms with Crippen molar-refractivity contribution in [1.82, 2.24) is 10.2 Å². The van der Waals surface area contributed by atoms with Crippen LogP contribution in [0.1, 0.15) is 49.6 Å². The summed E-state index contributed by atoms with van der Waals surface area (Å²) in [5.74, 6) is 0.673. The van der Waals surface area contributed by atoms with Gasteiger partial charge in [0.25, 0.3) is 0 Å². The van der Waals surface area contributed by atoms with Gasteiger partial charge in [-0.05, 0) is 42.2 Å². The number of carbonyl (C=O) groups excluding carboxylic acids is 2. The summed E-state index contributed by atoms with van der Waals surface area (Å²) in [4.78, 5) is 28.4. The Bertz CT molecular complexity index is 750. The Morgan fingerprint density at radius 3 is 2.43 bits per heavy atom. The second-order valence-corrected chi connectivity index (χ2v) is 8.87. The average molecular weight is 399 g/mol. The van der Waals surface area contributed by atoms with E-state index in [9.17, 15) is 9.59 Å². The maximum Gasteiger partial charge on any atom is 0.223 e. The lowest BCUT2D eigenvalue weighted by Gasteiger charge is -2.32. The molecule has 0 bridgehead atoms. The predicted octanol–water partition coefficient (Wildman–Crippen LogP) is 4.43. The van der Waals surface area contributed by atoms with Gasteiger partial charge in [0.05, 0.1) is 6.04 Å². The first-order valence-corrected chi connectivity index (χ1v) is 11.1. The zero-order valence-electron chi connectivity index (χ0n) is 16.8. The van der Waals surface area contributed by atoms with E-state index in [2.05, 4.69) is 42.7 Å². The van der Waals surface area contributed by atoms with E-state index in [0.717, 1.165) is 19.3 Å². The molecule has 28 heavy (non-hydrogen) atoms. The fourth-order valence-corrected chi connectivity index (χ4v) is 4.70. The van der Waals surface area contributed by atoms with Gasteiger partial charge in [0, 0.05) is 30.3 Å². The van der Waals surface area contributed by atoms with Crippen LogP contribution < -0.4 is 5.32 Å². The van der Waals surface area contributed by atoms with Gasteiger partial charge in [-0.25, -0.2) is 0 Å². The minimum absolute atomic E-state index is 0.000569. The van der Waals surface area contributed by atoms with Crippen LogP contribution in [0.3, 0.4) is 0 Å². The van der Waals surface area contributed by atoms with Crippen molar-refractivity contribution < 1.29 is 9.59 Å². The molecule has 2 heterocycles. The van der Waals surface area contributed by atoms with Crippen LogP contribution in [0.4, 0.5) is 0 Å². The lowest BCUT2D eigenvalue weighted by Crippen LogP contribution is -2.44. The van der Waals surface area contributed by atoms with Gasteiger partial charge in [-0.2, -0.15) is 0 Å². The van der Waals surface area contributed by atoms with Gasteiger partial charge in [-0.3, -0.25) is 9.59 Å². The van der Waals surface area contributed by atoms with E-state index in [1.165, 1.54) is 10.4 Å².